The van der Waals surface area contributed by atoms with E-state index in [0.717, 1.165) is 11.6 Å². The van der Waals surface area contributed by atoms with Gasteiger partial charge < -0.3 is 0 Å². The number of nitro groups is 1. The second-order valence-corrected chi connectivity index (χ2v) is 6.96. The minimum absolute atomic E-state index is 0.178. The fourth-order valence-corrected chi connectivity index (χ4v) is 3.77. The van der Waals surface area contributed by atoms with Crippen LogP contribution in [0.2, 0.25) is 0 Å². The zero-order chi connectivity index (χ0) is 17.9. The molecule has 0 fully saturated rings. The summed E-state index contributed by atoms with van der Waals surface area (Å²) in [5.74, 6) is 0. The third-order valence-corrected chi connectivity index (χ3v) is 5.01. The van der Waals surface area contributed by atoms with Crippen LogP contribution in [0.3, 0.4) is 0 Å². The van der Waals surface area contributed by atoms with Crippen LogP contribution in [0.1, 0.15) is 5.56 Å². The Morgan fingerprint density at radius 2 is 1.68 bits per heavy atom. The van der Waals surface area contributed by atoms with Crippen molar-refractivity contribution in [3.05, 3.63) is 88.6 Å². The molecule has 0 atom stereocenters. The fraction of sp³-hybridized carbons (Fsp3) is 0. The maximum absolute atomic E-state index is 12.8. The highest BCUT2D eigenvalue weighted by molar-refractivity contribution is 7.93. The third kappa shape index (κ3) is 3.84. The van der Waals surface area contributed by atoms with Gasteiger partial charge in [-0.05, 0) is 29.1 Å². The van der Waals surface area contributed by atoms with Gasteiger partial charge in [-0.15, -0.1) is 0 Å². The second kappa shape index (κ2) is 6.74. The predicted octanol–water partition coefficient (Wildman–Crippen LogP) is 3.89. The van der Waals surface area contributed by atoms with Crippen LogP contribution in [-0.2, 0) is 10.0 Å². The number of rotatable bonds is 5. The lowest BCUT2D eigenvalue weighted by Crippen LogP contribution is -2.13. The van der Waals surface area contributed by atoms with E-state index in [1.807, 2.05) is 18.2 Å². The number of nitrogens with zero attached hydrogens (tertiary/aromatic N) is 1. The standard InChI is InChI=1S/C18H14N2O4S/c21-20(22)12-11-14-5-3-8-16(13-14)19-25(23,24)18-10-4-7-15-6-1-2-9-17(15)18/h1-13,19H/b12-11+. The highest BCUT2D eigenvalue weighted by Gasteiger charge is 2.17. The highest BCUT2D eigenvalue weighted by Crippen LogP contribution is 2.25. The van der Waals surface area contributed by atoms with Crippen molar-refractivity contribution in [2.75, 3.05) is 4.72 Å². The molecule has 0 heterocycles. The predicted molar refractivity (Wildman–Crippen MR) is 97.2 cm³/mol. The Hall–Kier alpha value is -3.19. The smallest absolute Gasteiger partial charge is 0.262 e. The van der Waals surface area contributed by atoms with Crippen molar-refractivity contribution in [2.45, 2.75) is 4.90 Å². The number of sulfonamides is 1. The van der Waals surface area contributed by atoms with Gasteiger partial charge >= 0.3 is 0 Å². The van der Waals surface area contributed by atoms with Gasteiger partial charge in [-0.1, -0.05) is 48.5 Å². The van der Waals surface area contributed by atoms with Crippen molar-refractivity contribution in [3.63, 3.8) is 0 Å². The summed E-state index contributed by atoms with van der Waals surface area (Å²) in [4.78, 5) is 10.0. The lowest BCUT2D eigenvalue weighted by atomic mass is 10.1. The lowest BCUT2D eigenvalue weighted by molar-refractivity contribution is -0.400. The number of anilines is 1. The fourth-order valence-electron chi connectivity index (χ4n) is 2.49. The first-order valence-corrected chi connectivity index (χ1v) is 8.86. The van der Waals surface area contributed by atoms with Crippen LogP contribution in [0, 0.1) is 10.1 Å². The Morgan fingerprint density at radius 1 is 0.960 bits per heavy atom. The minimum Gasteiger partial charge on any atom is -0.280 e. The summed E-state index contributed by atoms with van der Waals surface area (Å²) in [5, 5.41) is 11.9. The normalized spacial score (nSPS) is 11.7. The molecule has 0 aliphatic carbocycles. The largest absolute Gasteiger partial charge is 0.280 e. The van der Waals surface area contributed by atoms with Gasteiger partial charge in [0.15, 0.2) is 0 Å². The molecule has 0 unspecified atom stereocenters. The monoisotopic (exact) mass is 354 g/mol. The number of benzene rings is 3. The quantitative estimate of drug-likeness (QED) is 0.556. The van der Waals surface area contributed by atoms with Crippen molar-refractivity contribution in [1.29, 1.82) is 0 Å². The van der Waals surface area contributed by atoms with Crippen LogP contribution >= 0.6 is 0 Å². The van der Waals surface area contributed by atoms with E-state index < -0.39 is 14.9 Å². The molecule has 0 saturated heterocycles. The van der Waals surface area contributed by atoms with E-state index in [0.29, 0.717) is 16.6 Å². The molecule has 0 aromatic heterocycles. The van der Waals surface area contributed by atoms with Gasteiger partial charge in [-0.2, -0.15) is 0 Å². The van der Waals surface area contributed by atoms with E-state index in [9.17, 15) is 18.5 Å². The van der Waals surface area contributed by atoms with Gasteiger partial charge in [0, 0.05) is 17.1 Å². The summed E-state index contributed by atoms with van der Waals surface area (Å²) in [7, 11) is -3.80. The van der Waals surface area contributed by atoms with Gasteiger partial charge in [-0.25, -0.2) is 8.42 Å². The lowest BCUT2D eigenvalue weighted by Gasteiger charge is -2.11. The zero-order valence-electron chi connectivity index (χ0n) is 13.0. The van der Waals surface area contributed by atoms with E-state index in [4.69, 9.17) is 0 Å². The van der Waals surface area contributed by atoms with Crippen LogP contribution < -0.4 is 4.72 Å². The van der Waals surface area contributed by atoms with Gasteiger partial charge in [0.05, 0.1) is 9.82 Å². The van der Waals surface area contributed by atoms with E-state index in [1.165, 1.54) is 12.1 Å². The molecule has 0 aliphatic rings. The number of fused-ring (bicyclic) bond motifs is 1. The van der Waals surface area contributed by atoms with Crippen LogP contribution in [0.4, 0.5) is 5.69 Å². The Balaban J connectivity index is 1.96. The van der Waals surface area contributed by atoms with Crippen LogP contribution in [0.25, 0.3) is 16.8 Å². The first kappa shape index (κ1) is 16.7. The average Bonchev–Trinajstić information content (AvgIpc) is 2.59. The Kier molecular flexibility index (Phi) is 4.49. The number of nitrogens with one attached hydrogen (secondary N) is 1. The van der Waals surface area contributed by atoms with Gasteiger partial charge in [0.1, 0.15) is 0 Å². The van der Waals surface area contributed by atoms with E-state index in [1.54, 1.807) is 42.5 Å². The molecular formula is C18H14N2O4S. The van der Waals surface area contributed by atoms with Crippen LogP contribution in [0.15, 0.2) is 77.8 Å². The summed E-state index contributed by atoms with van der Waals surface area (Å²) in [6.45, 7) is 0. The van der Waals surface area contributed by atoms with Crippen LogP contribution in [0.5, 0.6) is 0 Å². The molecule has 0 aliphatic heterocycles. The maximum Gasteiger partial charge on any atom is 0.262 e. The number of hydrogen-bond acceptors (Lipinski definition) is 4. The van der Waals surface area contributed by atoms with Crippen molar-refractivity contribution < 1.29 is 13.3 Å². The maximum atomic E-state index is 12.8. The molecule has 0 bridgehead atoms. The van der Waals surface area contributed by atoms with Crippen molar-refractivity contribution >= 4 is 32.6 Å². The van der Waals surface area contributed by atoms with Crippen molar-refractivity contribution in [2.24, 2.45) is 0 Å². The van der Waals surface area contributed by atoms with Crippen molar-refractivity contribution in [3.8, 4) is 0 Å². The minimum atomic E-state index is -3.80. The van der Waals surface area contributed by atoms with Crippen LogP contribution in [-0.4, -0.2) is 13.3 Å². The topological polar surface area (TPSA) is 89.3 Å². The molecule has 0 radical (unpaired) electrons. The van der Waals surface area contributed by atoms with Gasteiger partial charge in [0.25, 0.3) is 10.0 Å². The summed E-state index contributed by atoms with van der Waals surface area (Å²) < 4.78 is 28.0. The molecule has 0 spiro atoms. The molecule has 0 amide bonds. The third-order valence-electron chi connectivity index (χ3n) is 3.57. The second-order valence-electron chi connectivity index (χ2n) is 5.31. The van der Waals surface area contributed by atoms with E-state index in [-0.39, 0.29) is 4.90 Å². The molecule has 3 rings (SSSR count). The zero-order valence-corrected chi connectivity index (χ0v) is 13.8. The van der Waals surface area contributed by atoms with Gasteiger partial charge in [-0.3, -0.25) is 14.8 Å². The molecule has 7 heteroatoms. The summed E-state index contributed by atoms with van der Waals surface area (Å²) in [5.41, 5.74) is 0.855. The Bertz CT molecular complexity index is 1070. The average molecular weight is 354 g/mol. The molecule has 126 valence electrons. The molecule has 0 saturated carbocycles. The molecule has 6 nitrogen and oxygen atoms in total. The first-order valence-electron chi connectivity index (χ1n) is 7.38. The Labute approximate surface area is 144 Å². The molecule has 3 aromatic carbocycles. The van der Waals surface area contributed by atoms with Gasteiger partial charge in [0.2, 0.25) is 6.20 Å². The summed E-state index contributed by atoms with van der Waals surface area (Å²) in [6, 6.07) is 18.7. The summed E-state index contributed by atoms with van der Waals surface area (Å²) in [6.07, 6.45) is 2.11. The molecule has 3 aromatic rings. The molecular weight excluding hydrogens is 340 g/mol. The SMILES string of the molecule is O=[N+]([O-])/C=C/c1cccc(NS(=O)(=O)c2cccc3ccccc23)c1. The first-order chi connectivity index (χ1) is 12.0. The highest BCUT2D eigenvalue weighted by atomic mass is 32.2. The summed E-state index contributed by atoms with van der Waals surface area (Å²) >= 11 is 0. The van der Waals surface area contributed by atoms with E-state index in [2.05, 4.69) is 4.72 Å². The van der Waals surface area contributed by atoms with Crippen molar-refractivity contribution in [1.82, 2.24) is 0 Å². The van der Waals surface area contributed by atoms with E-state index >= 15 is 0 Å². The molecule has 1 N–H and O–H groups in total. The number of hydrogen-bond donors (Lipinski definition) is 1. The molecule has 25 heavy (non-hydrogen) atoms. The Morgan fingerprint density at radius 3 is 2.48 bits per heavy atom.